The third-order valence-corrected chi connectivity index (χ3v) is 1.99. The zero-order chi connectivity index (χ0) is 8.27. The maximum absolute atomic E-state index is 10.4. The highest BCUT2D eigenvalue weighted by Crippen LogP contribution is 2.15. The lowest BCUT2D eigenvalue weighted by molar-refractivity contribution is -0.143. The van der Waals surface area contributed by atoms with E-state index in [0.717, 1.165) is 0 Å². The Kier molecular flexibility index (Phi) is 2.32. The second-order valence-electron chi connectivity index (χ2n) is 2.70. The van der Waals surface area contributed by atoms with Gasteiger partial charge >= 0.3 is 5.97 Å². The number of hydrogen-bond acceptors (Lipinski definition) is 3. The first-order valence-electron chi connectivity index (χ1n) is 3.61. The van der Waals surface area contributed by atoms with Crippen LogP contribution in [0.5, 0.6) is 0 Å². The van der Waals surface area contributed by atoms with Crippen LogP contribution in [0.25, 0.3) is 0 Å². The molecule has 0 aliphatic carbocycles. The van der Waals surface area contributed by atoms with E-state index in [1.165, 1.54) is 0 Å². The normalized spacial score (nSPS) is 19.4. The molecule has 1 N–H and O–H groups in total. The summed E-state index contributed by atoms with van der Waals surface area (Å²) in [5, 5.41) is 17.0. The third kappa shape index (κ3) is 1.84. The van der Waals surface area contributed by atoms with Crippen LogP contribution >= 0.6 is 0 Å². The lowest BCUT2D eigenvalue weighted by atomic mass is 9.98. The van der Waals surface area contributed by atoms with Crippen molar-refractivity contribution in [1.82, 2.24) is 4.90 Å². The molecule has 60 valence electrons. The zero-order valence-corrected chi connectivity index (χ0v) is 6.16. The minimum atomic E-state index is -0.734. The molecule has 0 aromatic carbocycles. The van der Waals surface area contributed by atoms with Crippen LogP contribution < -0.4 is 0 Å². The summed E-state index contributed by atoms with van der Waals surface area (Å²) in [6.07, 6.45) is 3.20. The standard InChI is InChI=1S/C7H10N2O2/c8-5-9-3-1-6(2-4-9)7(10)11/h6H,1-4H2,(H,10,11). The van der Waals surface area contributed by atoms with Crippen molar-refractivity contribution in [2.75, 3.05) is 13.1 Å². The highest BCUT2D eigenvalue weighted by molar-refractivity contribution is 5.70. The van der Waals surface area contributed by atoms with Gasteiger partial charge in [0.25, 0.3) is 0 Å². The molecule has 0 unspecified atom stereocenters. The topological polar surface area (TPSA) is 64.3 Å². The van der Waals surface area contributed by atoms with Crippen molar-refractivity contribution < 1.29 is 9.90 Å². The van der Waals surface area contributed by atoms with Gasteiger partial charge in [0, 0.05) is 13.1 Å². The summed E-state index contributed by atoms with van der Waals surface area (Å²) in [4.78, 5) is 12.0. The molecule has 0 aromatic heterocycles. The van der Waals surface area contributed by atoms with Gasteiger partial charge in [-0.05, 0) is 12.8 Å². The number of carboxylic acid groups (broad SMARTS) is 1. The van der Waals surface area contributed by atoms with E-state index in [9.17, 15) is 4.79 Å². The lowest BCUT2D eigenvalue weighted by Gasteiger charge is -2.24. The molecule has 1 fully saturated rings. The Labute approximate surface area is 65.0 Å². The molecule has 1 rings (SSSR count). The van der Waals surface area contributed by atoms with Crippen LogP contribution in [0.2, 0.25) is 0 Å². The van der Waals surface area contributed by atoms with E-state index in [1.54, 1.807) is 4.90 Å². The predicted octanol–water partition coefficient (Wildman–Crippen LogP) is 0.264. The van der Waals surface area contributed by atoms with Gasteiger partial charge in [-0.15, -0.1) is 0 Å². The van der Waals surface area contributed by atoms with Crippen LogP contribution in [0.15, 0.2) is 0 Å². The summed E-state index contributed by atoms with van der Waals surface area (Å²) < 4.78 is 0. The Balaban J connectivity index is 2.37. The van der Waals surface area contributed by atoms with E-state index in [2.05, 4.69) is 0 Å². The molecule has 1 aliphatic heterocycles. The fraction of sp³-hybridized carbons (Fsp3) is 0.714. The van der Waals surface area contributed by atoms with E-state index >= 15 is 0 Å². The van der Waals surface area contributed by atoms with Gasteiger partial charge in [-0.25, -0.2) is 0 Å². The summed E-state index contributed by atoms with van der Waals surface area (Å²) in [5.41, 5.74) is 0. The maximum atomic E-state index is 10.4. The van der Waals surface area contributed by atoms with Crippen LogP contribution in [-0.4, -0.2) is 29.1 Å². The molecule has 0 bridgehead atoms. The van der Waals surface area contributed by atoms with Crippen molar-refractivity contribution in [2.24, 2.45) is 5.92 Å². The molecule has 11 heavy (non-hydrogen) atoms. The molecule has 4 nitrogen and oxygen atoms in total. The molecule has 1 saturated heterocycles. The third-order valence-electron chi connectivity index (χ3n) is 1.99. The van der Waals surface area contributed by atoms with Crippen LogP contribution in [0.4, 0.5) is 0 Å². The Hall–Kier alpha value is -1.24. The number of hydrogen-bond donors (Lipinski definition) is 1. The number of aliphatic carboxylic acids is 1. The van der Waals surface area contributed by atoms with Crippen molar-refractivity contribution in [3.05, 3.63) is 0 Å². The van der Waals surface area contributed by atoms with Gasteiger partial charge in [0.2, 0.25) is 0 Å². The van der Waals surface area contributed by atoms with Gasteiger partial charge in [-0.3, -0.25) is 4.79 Å². The first-order valence-corrected chi connectivity index (χ1v) is 3.61. The molecule has 0 aromatic rings. The number of likely N-dealkylation sites (tertiary alicyclic amines) is 1. The van der Waals surface area contributed by atoms with Gasteiger partial charge in [0.1, 0.15) is 0 Å². The summed E-state index contributed by atoms with van der Waals surface area (Å²) in [7, 11) is 0. The molecule has 0 saturated carbocycles. The average Bonchev–Trinajstić information content (AvgIpc) is 2.05. The average molecular weight is 154 g/mol. The van der Waals surface area contributed by atoms with E-state index in [-0.39, 0.29) is 5.92 Å². The molecular weight excluding hydrogens is 144 g/mol. The SMILES string of the molecule is N#CN1CCC(C(=O)O)CC1. The fourth-order valence-electron chi connectivity index (χ4n) is 1.23. The largest absolute Gasteiger partial charge is 0.481 e. The van der Waals surface area contributed by atoms with E-state index in [1.807, 2.05) is 6.19 Å². The van der Waals surface area contributed by atoms with Crippen LogP contribution in [0, 0.1) is 17.4 Å². The minimum Gasteiger partial charge on any atom is -0.481 e. The molecule has 1 heterocycles. The molecule has 0 spiro atoms. The molecule has 4 heteroatoms. The van der Waals surface area contributed by atoms with Crippen molar-refractivity contribution in [3.63, 3.8) is 0 Å². The summed E-state index contributed by atoms with van der Waals surface area (Å²) in [6.45, 7) is 1.18. The predicted molar refractivity (Wildman–Crippen MR) is 37.5 cm³/mol. The highest BCUT2D eigenvalue weighted by atomic mass is 16.4. The Bertz CT molecular complexity index is 189. The lowest BCUT2D eigenvalue weighted by Crippen LogP contribution is -2.33. The van der Waals surface area contributed by atoms with Gasteiger partial charge in [-0.1, -0.05) is 0 Å². The van der Waals surface area contributed by atoms with Gasteiger partial charge in [-0.2, -0.15) is 5.26 Å². The van der Waals surface area contributed by atoms with Gasteiger partial charge in [0.05, 0.1) is 5.92 Å². The molecule has 0 radical (unpaired) electrons. The minimum absolute atomic E-state index is 0.236. The van der Waals surface area contributed by atoms with Gasteiger partial charge < -0.3 is 10.0 Å². The molecule has 0 atom stereocenters. The number of nitriles is 1. The zero-order valence-electron chi connectivity index (χ0n) is 6.16. The second-order valence-corrected chi connectivity index (χ2v) is 2.70. The Morgan fingerprint density at radius 3 is 2.45 bits per heavy atom. The first kappa shape index (κ1) is 7.86. The number of nitrogens with zero attached hydrogens (tertiary/aromatic N) is 2. The van der Waals surface area contributed by atoms with E-state index in [0.29, 0.717) is 25.9 Å². The summed E-state index contributed by atoms with van der Waals surface area (Å²) in [6, 6.07) is 0. The van der Waals surface area contributed by atoms with Crippen molar-refractivity contribution in [2.45, 2.75) is 12.8 Å². The van der Waals surface area contributed by atoms with Crippen LogP contribution in [0.3, 0.4) is 0 Å². The first-order chi connectivity index (χ1) is 5.24. The Morgan fingerprint density at radius 2 is 2.09 bits per heavy atom. The van der Waals surface area contributed by atoms with E-state index in [4.69, 9.17) is 10.4 Å². The second kappa shape index (κ2) is 3.24. The smallest absolute Gasteiger partial charge is 0.306 e. The molecule has 0 amide bonds. The number of rotatable bonds is 1. The summed E-state index contributed by atoms with van der Waals surface area (Å²) in [5.74, 6) is -0.970. The molecule has 1 aliphatic rings. The molecular formula is C7H10N2O2. The van der Waals surface area contributed by atoms with Crippen molar-refractivity contribution in [1.29, 1.82) is 5.26 Å². The summed E-state index contributed by atoms with van der Waals surface area (Å²) >= 11 is 0. The Morgan fingerprint density at radius 1 is 1.55 bits per heavy atom. The number of piperidine rings is 1. The maximum Gasteiger partial charge on any atom is 0.306 e. The fourth-order valence-corrected chi connectivity index (χ4v) is 1.23. The van der Waals surface area contributed by atoms with Crippen LogP contribution in [0.1, 0.15) is 12.8 Å². The van der Waals surface area contributed by atoms with Crippen molar-refractivity contribution in [3.8, 4) is 6.19 Å². The number of carboxylic acids is 1. The monoisotopic (exact) mass is 154 g/mol. The highest BCUT2D eigenvalue weighted by Gasteiger charge is 2.23. The van der Waals surface area contributed by atoms with Crippen LogP contribution in [-0.2, 0) is 4.79 Å². The van der Waals surface area contributed by atoms with Crippen molar-refractivity contribution >= 4 is 5.97 Å². The van der Waals surface area contributed by atoms with Gasteiger partial charge in [0.15, 0.2) is 6.19 Å². The van der Waals surface area contributed by atoms with E-state index < -0.39 is 5.97 Å². The quantitative estimate of drug-likeness (QED) is 0.550. The number of carbonyl (C=O) groups is 1.